The van der Waals surface area contributed by atoms with Gasteiger partial charge in [0.2, 0.25) is 0 Å². The molecule has 176 valence electrons. The summed E-state index contributed by atoms with van der Waals surface area (Å²) >= 11 is 0. The molecule has 2 aromatic carbocycles. The number of rotatable bonds is 10. The summed E-state index contributed by atoms with van der Waals surface area (Å²) in [5.41, 5.74) is 2.64. The molecule has 2 aromatic rings. The number of ether oxygens (including phenoxy) is 3. The van der Waals surface area contributed by atoms with Crippen molar-refractivity contribution in [2.24, 2.45) is 4.99 Å². The van der Waals surface area contributed by atoms with Crippen LogP contribution in [0, 0.1) is 0 Å². The van der Waals surface area contributed by atoms with Crippen LogP contribution in [0.25, 0.3) is 0 Å². The summed E-state index contributed by atoms with van der Waals surface area (Å²) in [6, 6.07) is 16.2. The molecule has 0 unspecified atom stereocenters. The van der Waals surface area contributed by atoms with Gasteiger partial charge in [-0.25, -0.2) is 0 Å². The molecule has 32 heavy (non-hydrogen) atoms. The predicted octanol–water partition coefficient (Wildman–Crippen LogP) is 3.28. The van der Waals surface area contributed by atoms with Crippen molar-refractivity contribution >= 4 is 29.9 Å². The van der Waals surface area contributed by atoms with Crippen LogP contribution < -0.4 is 20.1 Å². The largest absolute Gasteiger partial charge is 0.497 e. The molecule has 3 rings (SSSR count). The van der Waals surface area contributed by atoms with Gasteiger partial charge in [0.1, 0.15) is 11.5 Å². The Morgan fingerprint density at radius 3 is 2.53 bits per heavy atom. The Bertz CT molecular complexity index is 828. The number of nitrogens with zero attached hydrogens (tertiary/aromatic N) is 2. The first kappa shape index (κ1) is 26.2. The summed E-state index contributed by atoms with van der Waals surface area (Å²) in [6.45, 7) is 6.70. The predicted molar refractivity (Wildman–Crippen MR) is 139 cm³/mol. The third-order valence-corrected chi connectivity index (χ3v) is 5.21. The molecule has 1 saturated heterocycles. The first-order valence-electron chi connectivity index (χ1n) is 10.9. The smallest absolute Gasteiger partial charge is 0.191 e. The van der Waals surface area contributed by atoms with E-state index in [0.29, 0.717) is 6.61 Å². The van der Waals surface area contributed by atoms with Crippen molar-refractivity contribution in [1.29, 1.82) is 0 Å². The number of benzene rings is 2. The number of guanidine groups is 1. The lowest BCUT2D eigenvalue weighted by Gasteiger charge is -2.27. The maximum Gasteiger partial charge on any atom is 0.191 e. The van der Waals surface area contributed by atoms with Gasteiger partial charge >= 0.3 is 0 Å². The molecule has 0 amide bonds. The summed E-state index contributed by atoms with van der Waals surface area (Å²) in [7, 11) is 3.45. The fraction of sp³-hybridized carbons (Fsp3) is 0.458. The van der Waals surface area contributed by atoms with Crippen LogP contribution in [0.1, 0.15) is 17.5 Å². The molecule has 0 aromatic heterocycles. The van der Waals surface area contributed by atoms with E-state index in [0.717, 1.165) is 69.8 Å². The zero-order chi connectivity index (χ0) is 21.7. The van der Waals surface area contributed by atoms with Crippen LogP contribution >= 0.6 is 24.0 Å². The lowest BCUT2D eigenvalue weighted by atomic mass is 10.1. The van der Waals surface area contributed by atoms with Gasteiger partial charge in [-0.1, -0.05) is 30.3 Å². The van der Waals surface area contributed by atoms with E-state index < -0.39 is 0 Å². The van der Waals surface area contributed by atoms with Crippen molar-refractivity contribution in [3.63, 3.8) is 0 Å². The van der Waals surface area contributed by atoms with Gasteiger partial charge in [0.05, 0.1) is 26.9 Å². The van der Waals surface area contributed by atoms with Crippen molar-refractivity contribution in [2.45, 2.75) is 19.5 Å². The maximum atomic E-state index is 5.79. The highest BCUT2D eigenvalue weighted by molar-refractivity contribution is 14.0. The van der Waals surface area contributed by atoms with Crippen LogP contribution in [-0.2, 0) is 17.8 Å². The summed E-state index contributed by atoms with van der Waals surface area (Å²) < 4.78 is 16.5. The highest BCUT2D eigenvalue weighted by Crippen LogP contribution is 2.18. The third kappa shape index (κ3) is 8.84. The molecule has 0 atom stereocenters. The lowest BCUT2D eigenvalue weighted by molar-refractivity contribution is 0.0341. The fourth-order valence-corrected chi connectivity index (χ4v) is 3.44. The van der Waals surface area contributed by atoms with Crippen LogP contribution in [0.15, 0.2) is 53.5 Å². The topological polar surface area (TPSA) is 67.4 Å². The molecule has 1 fully saturated rings. The minimum absolute atomic E-state index is 0. The molecule has 7 nitrogen and oxygen atoms in total. The molecule has 0 spiro atoms. The van der Waals surface area contributed by atoms with Crippen molar-refractivity contribution in [3.8, 4) is 11.5 Å². The molecular weight excluding hydrogens is 519 g/mol. The Labute approximate surface area is 208 Å². The van der Waals surface area contributed by atoms with Crippen LogP contribution in [-0.4, -0.2) is 64.5 Å². The second kappa shape index (κ2) is 14.9. The summed E-state index contributed by atoms with van der Waals surface area (Å²) in [5, 5.41) is 6.78. The van der Waals surface area contributed by atoms with Gasteiger partial charge < -0.3 is 24.8 Å². The number of methoxy groups -OCH3 is 1. The number of halogens is 1. The third-order valence-electron chi connectivity index (χ3n) is 5.21. The van der Waals surface area contributed by atoms with Gasteiger partial charge in [-0.2, -0.15) is 0 Å². The van der Waals surface area contributed by atoms with E-state index in [-0.39, 0.29) is 24.0 Å². The van der Waals surface area contributed by atoms with Crippen LogP contribution in [0.5, 0.6) is 11.5 Å². The van der Waals surface area contributed by atoms with E-state index in [1.807, 2.05) is 24.3 Å². The SMILES string of the molecule is CN=C(NCCCOc1cccc(OC)c1)NCc1ccccc1CN1CCOCC1.I. The second-order valence-corrected chi connectivity index (χ2v) is 7.39. The zero-order valence-corrected chi connectivity index (χ0v) is 21.3. The molecule has 0 radical (unpaired) electrons. The van der Waals surface area contributed by atoms with E-state index in [4.69, 9.17) is 14.2 Å². The zero-order valence-electron chi connectivity index (χ0n) is 19.0. The average molecular weight is 554 g/mol. The molecule has 0 saturated carbocycles. The van der Waals surface area contributed by atoms with E-state index >= 15 is 0 Å². The first-order valence-corrected chi connectivity index (χ1v) is 10.9. The highest BCUT2D eigenvalue weighted by atomic mass is 127. The lowest BCUT2D eigenvalue weighted by Crippen LogP contribution is -2.38. The van der Waals surface area contributed by atoms with Gasteiger partial charge in [0.15, 0.2) is 5.96 Å². The minimum atomic E-state index is 0. The van der Waals surface area contributed by atoms with Gasteiger partial charge in [0.25, 0.3) is 0 Å². The molecule has 0 bridgehead atoms. The van der Waals surface area contributed by atoms with Gasteiger partial charge in [-0.05, 0) is 29.7 Å². The minimum Gasteiger partial charge on any atom is -0.497 e. The molecule has 1 aliphatic heterocycles. The van der Waals surface area contributed by atoms with Crippen LogP contribution in [0.4, 0.5) is 0 Å². The molecule has 8 heteroatoms. The molecule has 0 aliphatic carbocycles. The normalized spacial score (nSPS) is 14.4. The second-order valence-electron chi connectivity index (χ2n) is 7.39. The number of aliphatic imine (C=N–C) groups is 1. The number of nitrogens with one attached hydrogen (secondary N) is 2. The molecule has 1 heterocycles. The standard InChI is InChI=1S/C24H34N4O3.HI/c1-25-24(26-11-6-14-31-23-10-5-9-22(17-23)29-2)27-18-20-7-3-4-8-21(20)19-28-12-15-30-16-13-28;/h3-5,7-10,17H,6,11-16,18-19H2,1-2H3,(H2,25,26,27);1H. The van der Waals surface area contributed by atoms with Gasteiger partial charge in [-0.15, -0.1) is 24.0 Å². The highest BCUT2D eigenvalue weighted by Gasteiger charge is 2.12. The summed E-state index contributed by atoms with van der Waals surface area (Å²) in [6.07, 6.45) is 0.867. The van der Waals surface area contributed by atoms with Crippen molar-refractivity contribution in [2.75, 3.05) is 53.6 Å². The Hall–Kier alpha value is -2.04. The number of hydrogen-bond acceptors (Lipinski definition) is 5. The summed E-state index contributed by atoms with van der Waals surface area (Å²) in [5.74, 6) is 2.41. The Morgan fingerprint density at radius 2 is 1.78 bits per heavy atom. The first-order chi connectivity index (χ1) is 15.3. The Kier molecular flexibility index (Phi) is 12.2. The molecule has 1 aliphatic rings. The van der Waals surface area contributed by atoms with E-state index in [1.54, 1.807) is 14.2 Å². The Morgan fingerprint density at radius 1 is 1.03 bits per heavy atom. The van der Waals surface area contributed by atoms with Crippen LogP contribution in [0.2, 0.25) is 0 Å². The van der Waals surface area contributed by atoms with Crippen molar-refractivity contribution in [3.05, 3.63) is 59.7 Å². The number of hydrogen-bond donors (Lipinski definition) is 2. The average Bonchev–Trinajstić information content (AvgIpc) is 2.82. The quantitative estimate of drug-likeness (QED) is 0.204. The monoisotopic (exact) mass is 554 g/mol. The Balaban J connectivity index is 0.00000363. The van der Waals surface area contributed by atoms with E-state index in [2.05, 4.69) is 44.8 Å². The van der Waals surface area contributed by atoms with Crippen LogP contribution in [0.3, 0.4) is 0 Å². The van der Waals surface area contributed by atoms with Crippen molar-refractivity contribution in [1.82, 2.24) is 15.5 Å². The van der Waals surface area contributed by atoms with Crippen molar-refractivity contribution < 1.29 is 14.2 Å². The molecular formula is C24H35IN4O3. The fourth-order valence-electron chi connectivity index (χ4n) is 3.44. The van der Waals surface area contributed by atoms with E-state index in [1.165, 1.54) is 11.1 Å². The molecule has 2 N–H and O–H groups in total. The van der Waals surface area contributed by atoms with Gasteiger partial charge in [-0.3, -0.25) is 9.89 Å². The van der Waals surface area contributed by atoms with Gasteiger partial charge in [0, 0.05) is 45.8 Å². The van der Waals surface area contributed by atoms with E-state index in [9.17, 15) is 0 Å². The maximum absolute atomic E-state index is 5.79. The summed E-state index contributed by atoms with van der Waals surface area (Å²) in [4.78, 5) is 6.78. The number of morpholine rings is 1.